The zero-order valence-electron chi connectivity index (χ0n) is 10.6. The van der Waals surface area contributed by atoms with Crippen molar-refractivity contribution in [3.63, 3.8) is 0 Å². The van der Waals surface area contributed by atoms with E-state index in [2.05, 4.69) is 6.92 Å². The Balaban J connectivity index is 2.23. The van der Waals surface area contributed by atoms with Crippen LogP contribution in [0, 0.1) is 17.8 Å². The molecule has 2 unspecified atom stereocenters. The Morgan fingerprint density at radius 1 is 1.27 bits per heavy atom. The first-order valence-corrected chi connectivity index (χ1v) is 6.66. The minimum atomic E-state index is 0.232. The van der Waals surface area contributed by atoms with Gasteiger partial charge in [0.25, 0.3) is 0 Å². The summed E-state index contributed by atoms with van der Waals surface area (Å²) in [4.78, 5) is 11.5. The first kappa shape index (κ1) is 12.7. The highest BCUT2D eigenvalue weighted by molar-refractivity contribution is 5.80. The highest BCUT2D eigenvalue weighted by Crippen LogP contribution is 2.33. The maximum absolute atomic E-state index is 11.5. The van der Waals surface area contributed by atoms with Crippen molar-refractivity contribution in [2.24, 2.45) is 17.8 Å². The van der Waals surface area contributed by atoms with Crippen LogP contribution in [0.25, 0.3) is 0 Å². The molecular weight excluding hydrogens is 184 g/mol. The Hall–Kier alpha value is -0.330. The van der Waals surface area contributed by atoms with Gasteiger partial charge in [-0.2, -0.15) is 0 Å². The number of hydrogen-bond acceptors (Lipinski definition) is 1. The SMILES string of the molecule is CCC1CCCC(CCC(=O)C(C)C)C1. The van der Waals surface area contributed by atoms with Crippen molar-refractivity contribution in [1.29, 1.82) is 0 Å². The fourth-order valence-electron chi connectivity index (χ4n) is 2.67. The van der Waals surface area contributed by atoms with Crippen molar-refractivity contribution in [1.82, 2.24) is 0 Å². The maximum atomic E-state index is 11.5. The predicted molar refractivity (Wildman–Crippen MR) is 64.8 cm³/mol. The van der Waals surface area contributed by atoms with Crippen LogP contribution in [0.4, 0.5) is 0 Å². The molecule has 0 aromatic carbocycles. The summed E-state index contributed by atoms with van der Waals surface area (Å²) in [5.74, 6) is 2.47. The molecule has 0 amide bonds. The van der Waals surface area contributed by atoms with Gasteiger partial charge in [0.05, 0.1) is 0 Å². The summed E-state index contributed by atoms with van der Waals surface area (Å²) < 4.78 is 0. The highest BCUT2D eigenvalue weighted by atomic mass is 16.1. The van der Waals surface area contributed by atoms with Crippen molar-refractivity contribution in [2.75, 3.05) is 0 Å². The van der Waals surface area contributed by atoms with Crippen LogP contribution < -0.4 is 0 Å². The largest absolute Gasteiger partial charge is 0.299 e. The lowest BCUT2D eigenvalue weighted by molar-refractivity contribution is -0.122. The molecule has 0 saturated heterocycles. The molecule has 0 N–H and O–H groups in total. The number of rotatable bonds is 5. The quantitative estimate of drug-likeness (QED) is 0.664. The van der Waals surface area contributed by atoms with Crippen molar-refractivity contribution >= 4 is 5.78 Å². The molecule has 0 radical (unpaired) electrons. The highest BCUT2D eigenvalue weighted by Gasteiger charge is 2.21. The second-order valence-corrected chi connectivity index (χ2v) is 5.47. The van der Waals surface area contributed by atoms with Crippen LogP contribution >= 0.6 is 0 Å². The van der Waals surface area contributed by atoms with Crippen LogP contribution in [0.15, 0.2) is 0 Å². The van der Waals surface area contributed by atoms with Crippen LogP contribution in [-0.4, -0.2) is 5.78 Å². The molecule has 1 fully saturated rings. The third kappa shape index (κ3) is 4.36. The third-order valence-electron chi connectivity index (χ3n) is 3.91. The molecule has 0 heterocycles. The van der Waals surface area contributed by atoms with E-state index in [0.717, 1.165) is 24.7 Å². The minimum Gasteiger partial charge on any atom is -0.299 e. The van der Waals surface area contributed by atoms with Gasteiger partial charge in [-0.1, -0.05) is 46.5 Å². The number of carbonyl (C=O) groups excluding carboxylic acids is 1. The zero-order valence-corrected chi connectivity index (χ0v) is 10.6. The minimum absolute atomic E-state index is 0.232. The summed E-state index contributed by atoms with van der Waals surface area (Å²) >= 11 is 0. The van der Waals surface area contributed by atoms with E-state index >= 15 is 0 Å². The molecule has 0 aromatic heterocycles. The second kappa shape index (κ2) is 6.30. The van der Waals surface area contributed by atoms with Crippen LogP contribution in [0.3, 0.4) is 0 Å². The van der Waals surface area contributed by atoms with E-state index in [1.165, 1.54) is 32.1 Å². The Morgan fingerprint density at radius 3 is 2.53 bits per heavy atom. The number of hydrogen-bond donors (Lipinski definition) is 0. The summed E-state index contributed by atoms with van der Waals surface area (Å²) in [6.45, 7) is 6.32. The van der Waals surface area contributed by atoms with E-state index in [-0.39, 0.29) is 5.92 Å². The Labute approximate surface area is 94.6 Å². The van der Waals surface area contributed by atoms with E-state index in [1.54, 1.807) is 0 Å². The lowest BCUT2D eigenvalue weighted by Crippen LogP contribution is -2.17. The van der Waals surface area contributed by atoms with Crippen LogP contribution in [0.1, 0.15) is 65.7 Å². The Kier molecular flexibility index (Phi) is 5.35. The molecule has 1 aliphatic carbocycles. The van der Waals surface area contributed by atoms with Gasteiger partial charge in [-0.25, -0.2) is 0 Å². The first-order valence-electron chi connectivity index (χ1n) is 6.66. The van der Waals surface area contributed by atoms with E-state index in [4.69, 9.17) is 0 Å². The monoisotopic (exact) mass is 210 g/mol. The van der Waals surface area contributed by atoms with Crippen LogP contribution in [0.2, 0.25) is 0 Å². The molecule has 1 rings (SSSR count). The molecule has 1 aliphatic rings. The smallest absolute Gasteiger partial charge is 0.135 e. The van der Waals surface area contributed by atoms with Gasteiger partial charge < -0.3 is 0 Å². The summed E-state index contributed by atoms with van der Waals surface area (Å²) in [5.41, 5.74) is 0. The van der Waals surface area contributed by atoms with Gasteiger partial charge in [-0.05, 0) is 24.7 Å². The molecule has 1 heteroatoms. The van der Waals surface area contributed by atoms with Gasteiger partial charge in [0.1, 0.15) is 5.78 Å². The first-order chi connectivity index (χ1) is 7.13. The molecule has 0 aromatic rings. The molecule has 1 nitrogen and oxygen atoms in total. The summed E-state index contributed by atoms with van der Waals surface area (Å²) in [7, 11) is 0. The molecule has 0 aliphatic heterocycles. The average Bonchev–Trinajstić information content (AvgIpc) is 2.26. The number of ketones is 1. The molecule has 15 heavy (non-hydrogen) atoms. The van der Waals surface area contributed by atoms with Crippen LogP contribution in [0.5, 0.6) is 0 Å². The normalized spacial score (nSPS) is 26.9. The van der Waals surface area contributed by atoms with E-state index in [0.29, 0.717) is 5.78 Å². The lowest BCUT2D eigenvalue weighted by Gasteiger charge is -2.28. The van der Waals surface area contributed by atoms with Gasteiger partial charge in [-0.3, -0.25) is 4.79 Å². The van der Waals surface area contributed by atoms with Gasteiger partial charge in [0, 0.05) is 12.3 Å². The Morgan fingerprint density at radius 2 is 1.93 bits per heavy atom. The third-order valence-corrected chi connectivity index (χ3v) is 3.91. The second-order valence-electron chi connectivity index (χ2n) is 5.47. The van der Waals surface area contributed by atoms with Crippen LogP contribution in [-0.2, 0) is 4.79 Å². The average molecular weight is 210 g/mol. The fraction of sp³-hybridized carbons (Fsp3) is 0.929. The summed E-state index contributed by atoms with van der Waals surface area (Å²) in [5, 5.41) is 0. The number of Topliss-reactive ketones (excluding diaryl/α,β-unsaturated/α-hetero) is 1. The fourth-order valence-corrected chi connectivity index (χ4v) is 2.67. The Bertz CT molecular complexity index is 196. The summed E-state index contributed by atoms with van der Waals surface area (Å²) in [6, 6.07) is 0. The number of carbonyl (C=O) groups is 1. The molecule has 0 bridgehead atoms. The predicted octanol–water partition coefficient (Wildman–Crippen LogP) is 4.21. The zero-order chi connectivity index (χ0) is 11.3. The van der Waals surface area contributed by atoms with E-state index < -0.39 is 0 Å². The van der Waals surface area contributed by atoms with Crippen molar-refractivity contribution in [2.45, 2.75) is 65.7 Å². The van der Waals surface area contributed by atoms with Crippen molar-refractivity contribution in [3.8, 4) is 0 Å². The van der Waals surface area contributed by atoms with E-state index in [9.17, 15) is 4.79 Å². The topological polar surface area (TPSA) is 17.1 Å². The standard InChI is InChI=1S/C14H26O/c1-4-12-6-5-7-13(10-12)8-9-14(15)11(2)3/h11-13H,4-10H2,1-3H3. The molecule has 0 spiro atoms. The van der Waals surface area contributed by atoms with Gasteiger partial charge in [0.15, 0.2) is 0 Å². The lowest BCUT2D eigenvalue weighted by atomic mass is 9.78. The molecule has 88 valence electrons. The van der Waals surface area contributed by atoms with Crippen molar-refractivity contribution in [3.05, 3.63) is 0 Å². The van der Waals surface area contributed by atoms with Gasteiger partial charge in [0.2, 0.25) is 0 Å². The summed E-state index contributed by atoms with van der Waals surface area (Å²) in [6.07, 6.45) is 8.84. The maximum Gasteiger partial charge on any atom is 0.135 e. The van der Waals surface area contributed by atoms with Crippen molar-refractivity contribution < 1.29 is 4.79 Å². The molecular formula is C14H26O. The van der Waals surface area contributed by atoms with Gasteiger partial charge in [-0.15, -0.1) is 0 Å². The van der Waals surface area contributed by atoms with E-state index in [1.807, 2.05) is 13.8 Å². The molecule has 2 atom stereocenters. The van der Waals surface area contributed by atoms with Gasteiger partial charge >= 0.3 is 0 Å². The molecule has 1 saturated carbocycles.